The monoisotopic (exact) mass is 309 g/mol. The average Bonchev–Trinajstić information content (AvgIpc) is 2.46. The molecule has 0 saturated heterocycles. The number of hydrogen-bond donors (Lipinski definition) is 0. The largest absolute Gasteiger partial charge is 0.457 e. The van der Waals surface area contributed by atoms with Crippen LogP contribution in [0.25, 0.3) is 0 Å². The van der Waals surface area contributed by atoms with Crippen LogP contribution in [0.5, 0.6) is 0 Å². The molecular formula is C14H9ClFNO4. The minimum atomic E-state index is -0.794. The van der Waals surface area contributed by atoms with Crippen molar-refractivity contribution >= 4 is 23.3 Å². The lowest BCUT2D eigenvalue weighted by molar-refractivity contribution is -0.384. The van der Waals surface area contributed by atoms with Crippen molar-refractivity contribution in [3.63, 3.8) is 0 Å². The van der Waals surface area contributed by atoms with Gasteiger partial charge in [0.2, 0.25) is 0 Å². The van der Waals surface area contributed by atoms with Gasteiger partial charge in [-0.05, 0) is 18.2 Å². The number of hydrogen-bond acceptors (Lipinski definition) is 4. The molecule has 0 saturated carbocycles. The quantitative estimate of drug-likeness (QED) is 0.490. The van der Waals surface area contributed by atoms with Crippen molar-refractivity contribution in [3.8, 4) is 0 Å². The molecule has 0 radical (unpaired) electrons. The average molecular weight is 310 g/mol. The van der Waals surface area contributed by atoms with E-state index in [1.165, 1.54) is 30.3 Å². The van der Waals surface area contributed by atoms with Gasteiger partial charge in [0.05, 0.1) is 10.5 Å². The Morgan fingerprint density at radius 1 is 1.29 bits per heavy atom. The molecule has 0 bridgehead atoms. The molecular weight excluding hydrogens is 301 g/mol. The Balaban J connectivity index is 2.12. The number of nitrogens with zero attached hydrogens (tertiary/aromatic N) is 1. The van der Waals surface area contributed by atoms with Gasteiger partial charge < -0.3 is 4.74 Å². The van der Waals surface area contributed by atoms with Crippen LogP contribution in [0.4, 0.5) is 10.1 Å². The van der Waals surface area contributed by atoms with Gasteiger partial charge in [0.25, 0.3) is 5.69 Å². The van der Waals surface area contributed by atoms with Crippen LogP contribution in [-0.4, -0.2) is 10.9 Å². The van der Waals surface area contributed by atoms with E-state index in [4.69, 9.17) is 16.3 Å². The van der Waals surface area contributed by atoms with Crippen LogP contribution in [-0.2, 0) is 11.3 Å². The van der Waals surface area contributed by atoms with E-state index in [1.54, 1.807) is 6.07 Å². The van der Waals surface area contributed by atoms with E-state index in [-0.39, 0.29) is 22.8 Å². The lowest BCUT2D eigenvalue weighted by Crippen LogP contribution is -2.06. The highest BCUT2D eigenvalue weighted by atomic mass is 35.5. The zero-order valence-corrected chi connectivity index (χ0v) is 11.3. The first kappa shape index (κ1) is 14.9. The number of nitro benzene ring substituents is 1. The van der Waals surface area contributed by atoms with Gasteiger partial charge in [-0.3, -0.25) is 10.1 Å². The summed E-state index contributed by atoms with van der Waals surface area (Å²) in [6, 6.07) is 9.41. The Morgan fingerprint density at radius 2 is 2.00 bits per heavy atom. The molecule has 0 aliphatic heterocycles. The Morgan fingerprint density at radius 3 is 2.67 bits per heavy atom. The second-order valence-electron chi connectivity index (χ2n) is 4.09. The van der Waals surface area contributed by atoms with Gasteiger partial charge in [0.1, 0.15) is 17.4 Å². The molecule has 0 N–H and O–H groups in total. The Bertz CT molecular complexity index is 705. The molecule has 7 heteroatoms. The highest BCUT2D eigenvalue weighted by Gasteiger charge is 2.17. The molecule has 0 aromatic heterocycles. The molecule has 2 rings (SSSR count). The molecule has 2 aromatic carbocycles. The lowest BCUT2D eigenvalue weighted by atomic mass is 10.2. The highest BCUT2D eigenvalue weighted by molar-refractivity contribution is 6.32. The maximum absolute atomic E-state index is 13.4. The van der Waals surface area contributed by atoms with Crippen molar-refractivity contribution in [3.05, 3.63) is 74.5 Å². The van der Waals surface area contributed by atoms with E-state index >= 15 is 0 Å². The smallest absolute Gasteiger partial charge is 0.338 e. The van der Waals surface area contributed by atoms with Crippen molar-refractivity contribution in [2.45, 2.75) is 6.61 Å². The Hall–Kier alpha value is -2.47. The van der Waals surface area contributed by atoms with Crippen LogP contribution in [0, 0.1) is 15.9 Å². The number of rotatable bonds is 4. The van der Waals surface area contributed by atoms with E-state index in [0.717, 1.165) is 6.07 Å². The maximum Gasteiger partial charge on any atom is 0.338 e. The Kier molecular flexibility index (Phi) is 4.49. The number of benzene rings is 2. The number of esters is 1. The molecule has 0 heterocycles. The molecule has 5 nitrogen and oxygen atoms in total. The maximum atomic E-state index is 13.4. The third-order valence-electron chi connectivity index (χ3n) is 2.70. The van der Waals surface area contributed by atoms with Crippen LogP contribution in [0.3, 0.4) is 0 Å². The van der Waals surface area contributed by atoms with Gasteiger partial charge in [-0.2, -0.15) is 0 Å². The van der Waals surface area contributed by atoms with Gasteiger partial charge in [-0.25, -0.2) is 9.18 Å². The molecule has 0 aliphatic rings. The van der Waals surface area contributed by atoms with Crippen LogP contribution in [0.15, 0.2) is 42.5 Å². The summed E-state index contributed by atoms with van der Waals surface area (Å²) in [5.41, 5.74) is -0.200. The molecule has 0 atom stereocenters. The van der Waals surface area contributed by atoms with Gasteiger partial charge in [-0.15, -0.1) is 0 Å². The fourth-order valence-electron chi connectivity index (χ4n) is 1.62. The molecule has 108 valence electrons. The van der Waals surface area contributed by atoms with Gasteiger partial charge in [0.15, 0.2) is 0 Å². The number of halogens is 2. The van der Waals surface area contributed by atoms with Crippen molar-refractivity contribution in [2.24, 2.45) is 0 Å². The topological polar surface area (TPSA) is 69.4 Å². The SMILES string of the molecule is O=C(OCc1ccccc1F)c1ccc(Cl)c([N+](=O)[O-])c1. The second kappa shape index (κ2) is 6.32. The number of carbonyl (C=O) groups is 1. The number of ether oxygens (including phenoxy) is 1. The van der Waals surface area contributed by atoms with Crippen LogP contribution in [0.1, 0.15) is 15.9 Å². The minimum absolute atomic E-state index is 0.0255. The van der Waals surface area contributed by atoms with E-state index in [0.29, 0.717) is 0 Å². The van der Waals surface area contributed by atoms with Crippen molar-refractivity contribution < 1.29 is 18.8 Å². The molecule has 21 heavy (non-hydrogen) atoms. The summed E-state index contributed by atoms with van der Waals surface area (Å²) in [6.07, 6.45) is 0. The summed E-state index contributed by atoms with van der Waals surface area (Å²) < 4.78 is 18.3. The number of carbonyl (C=O) groups excluding carboxylic acids is 1. The summed E-state index contributed by atoms with van der Waals surface area (Å²) in [5, 5.41) is 10.7. The van der Waals surface area contributed by atoms with Gasteiger partial charge in [-0.1, -0.05) is 29.8 Å². The standard InChI is InChI=1S/C14H9ClFNO4/c15-11-6-5-9(7-13(11)17(19)20)14(18)21-8-10-3-1-2-4-12(10)16/h1-7H,8H2. The van der Waals surface area contributed by atoms with E-state index in [2.05, 4.69) is 0 Å². The van der Waals surface area contributed by atoms with Crippen molar-refractivity contribution in [1.29, 1.82) is 0 Å². The second-order valence-corrected chi connectivity index (χ2v) is 4.50. The third kappa shape index (κ3) is 3.55. The van der Waals surface area contributed by atoms with E-state index in [1.807, 2.05) is 0 Å². The third-order valence-corrected chi connectivity index (χ3v) is 3.01. The van der Waals surface area contributed by atoms with E-state index < -0.39 is 22.4 Å². The minimum Gasteiger partial charge on any atom is -0.457 e. The highest BCUT2D eigenvalue weighted by Crippen LogP contribution is 2.25. The zero-order valence-electron chi connectivity index (χ0n) is 10.6. The van der Waals surface area contributed by atoms with Gasteiger partial charge >= 0.3 is 5.97 Å². The zero-order chi connectivity index (χ0) is 15.4. The summed E-state index contributed by atoms with van der Waals surface area (Å²) >= 11 is 5.65. The van der Waals surface area contributed by atoms with Crippen LogP contribution in [0.2, 0.25) is 5.02 Å². The van der Waals surface area contributed by atoms with Gasteiger partial charge in [0, 0.05) is 11.6 Å². The molecule has 0 fully saturated rings. The predicted octanol–water partition coefficient (Wildman–Crippen LogP) is 3.74. The first-order valence-corrected chi connectivity index (χ1v) is 6.21. The molecule has 2 aromatic rings. The fourth-order valence-corrected chi connectivity index (χ4v) is 1.81. The first-order chi connectivity index (χ1) is 9.99. The molecule has 0 unspecified atom stereocenters. The molecule has 0 aliphatic carbocycles. The van der Waals surface area contributed by atoms with Crippen LogP contribution >= 0.6 is 11.6 Å². The molecule has 0 spiro atoms. The number of nitro groups is 1. The summed E-state index contributed by atoms with van der Waals surface area (Å²) in [5.74, 6) is -1.29. The summed E-state index contributed by atoms with van der Waals surface area (Å²) in [6.45, 7) is -0.262. The summed E-state index contributed by atoms with van der Waals surface area (Å²) in [7, 11) is 0. The lowest BCUT2D eigenvalue weighted by Gasteiger charge is -2.06. The van der Waals surface area contributed by atoms with E-state index in [9.17, 15) is 19.3 Å². The van der Waals surface area contributed by atoms with Crippen molar-refractivity contribution in [1.82, 2.24) is 0 Å². The molecule has 0 amide bonds. The first-order valence-electron chi connectivity index (χ1n) is 5.83. The summed E-state index contributed by atoms with van der Waals surface area (Å²) in [4.78, 5) is 21.8. The normalized spacial score (nSPS) is 10.2. The Labute approximate surface area is 124 Å². The fraction of sp³-hybridized carbons (Fsp3) is 0.0714. The van der Waals surface area contributed by atoms with Crippen molar-refractivity contribution in [2.75, 3.05) is 0 Å². The predicted molar refractivity (Wildman–Crippen MR) is 73.6 cm³/mol. The van der Waals surface area contributed by atoms with Crippen LogP contribution < -0.4 is 0 Å².